The number of fused-ring (bicyclic) bond motifs is 1. The van der Waals surface area contributed by atoms with E-state index in [1.165, 1.54) is 7.11 Å². The van der Waals surface area contributed by atoms with Crippen molar-refractivity contribution in [2.75, 3.05) is 20.3 Å². The molecule has 0 aromatic heterocycles. The first-order chi connectivity index (χ1) is 10.7. The smallest absolute Gasteiger partial charge is 0.255 e. The number of methoxy groups -OCH3 is 1. The van der Waals surface area contributed by atoms with Crippen LogP contribution in [0.3, 0.4) is 0 Å². The van der Waals surface area contributed by atoms with E-state index in [0.717, 1.165) is 11.3 Å². The van der Waals surface area contributed by atoms with Gasteiger partial charge in [0.1, 0.15) is 11.5 Å². The van der Waals surface area contributed by atoms with Crippen molar-refractivity contribution < 1.29 is 14.3 Å². The molecule has 22 heavy (non-hydrogen) atoms. The highest BCUT2D eigenvalue weighted by Crippen LogP contribution is 2.33. The third kappa shape index (κ3) is 2.88. The molecule has 3 rings (SSSR count). The van der Waals surface area contributed by atoms with Gasteiger partial charge in [-0.25, -0.2) is 0 Å². The molecule has 0 saturated heterocycles. The van der Waals surface area contributed by atoms with Gasteiger partial charge in [-0.2, -0.15) is 0 Å². The zero-order valence-corrected chi connectivity index (χ0v) is 12.9. The Morgan fingerprint density at radius 2 is 2.18 bits per heavy atom. The van der Waals surface area contributed by atoms with Gasteiger partial charge in [-0.3, -0.25) is 4.79 Å². The minimum Gasteiger partial charge on any atom is -0.496 e. The Balaban J connectivity index is 1.70. The van der Waals surface area contributed by atoms with Crippen molar-refractivity contribution >= 4 is 17.5 Å². The molecule has 0 radical (unpaired) electrons. The summed E-state index contributed by atoms with van der Waals surface area (Å²) in [6.45, 7) is 1.08. The van der Waals surface area contributed by atoms with Gasteiger partial charge < -0.3 is 14.8 Å². The summed E-state index contributed by atoms with van der Waals surface area (Å²) in [7, 11) is 1.53. The van der Waals surface area contributed by atoms with Crippen LogP contribution in [0.25, 0.3) is 0 Å². The molecule has 114 valence electrons. The van der Waals surface area contributed by atoms with Crippen LogP contribution >= 0.6 is 11.6 Å². The Kier molecular flexibility index (Phi) is 4.20. The van der Waals surface area contributed by atoms with Crippen LogP contribution in [-0.2, 0) is 0 Å². The molecule has 4 nitrogen and oxygen atoms in total. The van der Waals surface area contributed by atoms with Crippen molar-refractivity contribution in [2.45, 2.75) is 5.92 Å². The minimum absolute atomic E-state index is 0.158. The van der Waals surface area contributed by atoms with Crippen LogP contribution in [0.4, 0.5) is 0 Å². The third-order valence-electron chi connectivity index (χ3n) is 3.71. The van der Waals surface area contributed by atoms with Crippen molar-refractivity contribution in [3.05, 3.63) is 58.6 Å². The summed E-state index contributed by atoms with van der Waals surface area (Å²) in [6.07, 6.45) is 0. The summed E-state index contributed by atoms with van der Waals surface area (Å²) >= 11 is 5.96. The van der Waals surface area contributed by atoms with Crippen molar-refractivity contribution in [3.8, 4) is 11.5 Å². The van der Waals surface area contributed by atoms with Gasteiger partial charge in [-0.1, -0.05) is 29.8 Å². The molecule has 1 N–H and O–H groups in total. The number of para-hydroxylation sites is 1. The molecule has 2 aromatic carbocycles. The number of hydrogen-bond donors (Lipinski definition) is 1. The predicted octanol–water partition coefficient (Wildman–Crippen LogP) is 3.25. The number of ether oxygens (including phenoxy) is 2. The summed E-state index contributed by atoms with van der Waals surface area (Å²) in [5, 5.41) is 3.43. The SMILES string of the molecule is COc1ccc(Cl)cc1C(=O)NCC1COc2ccccc21. The summed E-state index contributed by atoms with van der Waals surface area (Å²) < 4.78 is 10.8. The lowest BCUT2D eigenvalue weighted by molar-refractivity contribution is 0.0947. The monoisotopic (exact) mass is 317 g/mol. The molecule has 1 aliphatic heterocycles. The quantitative estimate of drug-likeness (QED) is 0.941. The number of amides is 1. The van der Waals surface area contributed by atoms with Crippen molar-refractivity contribution in [1.29, 1.82) is 0 Å². The maximum atomic E-state index is 12.4. The van der Waals surface area contributed by atoms with E-state index in [0.29, 0.717) is 29.5 Å². The topological polar surface area (TPSA) is 47.6 Å². The van der Waals surface area contributed by atoms with Gasteiger partial charge in [-0.05, 0) is 24.3 Å². The fraction of sp³-hybridized carbons (Fsp3) is 0.235. The van der Waals surface area contributed by atoms with Gasteiger partial charge in [0, 0.05) is 23.0 Å². The average molecular weight is 318 g/mol. The second-order valence-corrected chi connectivity index (χ2v) is 5.54. The largest absolute Gasteiger partial charge is 0.496 e. The number of nitrogens with one attached hydrogen (secondary N) is 1. The zero-order chi connectivity index (χ0) is 15.5. The summed E-state index contributed by atoms with van der Waals surface area (Å²) in [5.41, 5.74) is 1.56. The molecule has 1 aliphatic rings. The van der Waals surface area contributed by atoms with E-state index < -0.39 is 0 Å². The molecule has 0 bridgehead atoms. The van der Waals surface area contributed by atoms with Crippen molar-refractivity contribution in [3.63, 3.8) is 0 Å². The summed E-state index contributed by atoms with van der Waals surface area (Å²) in [6, 6.07) is 12.9. The number of carbonyl (C=O) groups is 1. The van der Waals surface area contributed by atoms with E-state index in [1.807, 2.05) is 24.3 Å². The molecule has 1 atom stereocenters. The van der Waals surface area contributed by atoms with Crippen LogP contribution in [0.1, 0.15) is 21.8 Å². The number of halogens is 1. The molecule has 0 spiro atoms. The molecule has 1 heterocycles. The van der Waals surface area contributed by atoms with Crippen molar-refractivity contribution in [2.24, 2.45) is 0 Å². The van der Waals surface area contributed by atoms with Crippen LogP contribution in [-0.4, -0.2) is 26.2 Å². The van der Waals surface area contributed by atoms with Gasteiger partial charge in [-0.15, -0.1) is 0 Å². The fourth-order valence-corrected chi connectivity index (χ4v) is 2.74. The van der Waals surface area contributed by atoms with E-state index >= 15 is 0 Å². The van der Waals surface area contributed by atoms with E-state index in [-0.39, 0.29) is 11.8 Å². The number of hydrogen-bond acceptors (Lipinski definition) is 3. The first-order valence-electron chi connectivity index (χ1n) is 7.02. The molecular weight excluding hydrogens is 302 g/mol. The maximum absolute atomic E-state index is 12.4. The van der Waals surface area contributed by atoms with Crippen LogP contribution < -0.4 is 14.8 Å². The predicted molar refractivity (Wildman–Crippen MR) is 85.0 cm³/mol. The van der Waals surface area contributed by atoms with Gasteiger partial charge in [0.15, 0.2) is 0 Å². The Morgan fingerprint density at radius 1 is 1.36 bits per heavy atom. The zero-order valence-electron chi connectivity index (χ0n) is 12.1. The Labute approximate surface area is 134 Å². The lowest BCUT2D eigenvalue weighted by Gasteiger charge is -2.12. The first-order valence-corrected chi connectivity index (χ1v) is 7.40. The molecule has 1 amide bonds. The van der Waals surface area contributed by atoms with E-state index in [4.69, 9.17) is 21.1 Å². The maximum Gasteiger partial charge on any atom is 0.255 e. The van der Waals surface area contributed by atoms with E-state index in [1.54, 1.807) is 18.2 Å². The fourth-order valence-electron chi connectivity index (χ4n) is 2.57. The number of carbonyl (C=O) groups excluding carboxylic acids is 1. The molecule has 2 aromatic rings. The van der Waals surface area contributed by atoms with E-state index in [9.17, 15) is 4.79 Å². The lowest BCUT2D eigenvalue weighted by atomic mass is 10.0. The second-order valence-electron chi connectivity index (χ2n) is 5.10. The molecule has 0 fully saturated rings. The Morgan fingerprint density at radius 3 is 3.00 bits per heavy atom. The third-order valence-corrected chi connectivity index (χ3v) is 3.95. The number of rotatable bonds is 4. The Hall–Kier alpha value is -2.20. The van der Waals surface area contributed by atoms with Crippen LogP contribution in [0.15, 0.2) is 42.5 Å². The highest BCUT2D eigenvalue weighted by Gasteiger charge is 2.24. The number of benzene rings is 2. The van der Waals surface area contributed by atoms with Gasteiger partial charge >= 0.3 is 0 Å². The normalized spacial score (nSPS) is 15.8. The summed E-state index contributed by atoms with van der Waals surface area (Å²) in [5.74, 6) is 1.35. The molecule has 5 heteroatoms. The van der Waals surface area contributed by atoms with Crippen LogP contribution in [0, 0.1) is 0 Å². The van der Waals surface area contributed by atoms with Crippen LogP contribution in [0.2, 0.25) is 5.02 Å². The second kappa shape index (κ2) is 6.28. The molecule has 0 saturated carbocycles. The average Bonchev–Trinajstić information content (AvgIpc) is 2.96. The summed E-state index contributed by atoms with van der Waals surface area (Å²) in [4.78, 5) is 12.4. The van der Waals surface area contributed by atoms with Gasteiger partial charge in [0.05, 0.1) is 19.3 Å². The highest BCUT2D eigenvalue weighted by atomic mass is 35.5. The Bertz CT molecular complexity index is 702. The van der Waals surface area contributed by atoms with Crippen LogP contribution in [0.5, 0.6) is 11.5 Å². The standard InChI is InChI=1S/C17H16ClNO3/c1-21-15-7-6-12(18)8-14(15)17(20)19-9-11-10-22-16-5-3-2-4-13(11)16/h2-8,11H,9-10H2,1H3,(H,19,20). The molecular formula is C17H16ClNO3. The van der Waals surface area contributed by atoms with Gasteiger partial charge in [0.2, 0.25) is 0 Å². The highest BCUT2D eigenvalue weighted by molar-refractivity contribution is 6.31. The minimum atomic E-state index is -0.205. The van der Waals surface area contributed by atoms with Gasteiger partial charge in [0.25, 0.3) is 5.91 Å². The van der Waals surface area contributed by atoms with Crippen molar-refractivity contribution in [1.82, 2.24) is 5.32 Å². The molecule has 1 unspecified atom stereocenters. The molecule has 0 aliphatic carbocycles. The lowest BCUT2D eigenvalue weighted by Crippen LogP contribution is -2.29. The first kappa shape index (κ1) is 14.7. The van der Waals surface area contributed by atoms with E-state index in [2.05, 4.69) is 5.32 Å².